The summed E-state index contributed by atoms with van der Waals surface area (Å²) in [7, 11) is 0. The normalized spacial score (nSPS) is 14.2. The maximum absolute atomic E-state index is 10.9. The molecule has 0 radical (unpaired) electrons. The number of hydrogen-bond acceptors (Lipinski definition) is 2. The van der Waals surface area contributed by atoms with Crippen LogP contribution in [0.1, 0.15) is 19.5 Å². The van der Waals surface area contributed by atoms with E-state index < -0.39 is 0 Å². The Balaban J connectivity index is 0.000000845. The second-order valence-electron chi connectivity index (χ2n) is 2.93. The van der Waals surface area contributed by atoms with Crippen LogP contribution in [-0.4, -0.2) is 10.9 Å². The predicted octanol–water partition coefficient (Wildman–Crippen LogP) is 1.38. The average molecular weight is 164 g/mol. The number of hydrogen-bond donors (Lipinski definition) is 1. The van der Waals surface area contributed by atoms with Gasteiger partial charge in [0.1, 0.15) is 5.82 Å². The fraction of sp³-hybridized carbons (Fsp3) is 0.333. The van der Waals surface area contributed by atoms with Crippen LogP contribution in [0.15, 0.2) is 12.3 Å². The molecule has 0 bridgehead atoms. The van der Waals surface area contributed by atoms with Gasteiger partial charge in [-0.1, -0.05) is 13.0 Å². The van der Waals surface area contributed by atoms with Crippen LogP contribution < -0.4 is 5.32 Å². The minimum absolute atomic E-state index is 0. The van der Waals surface area contributed by atoms with E-state index in [1.807, 2.05) is 12.3 Å². The van der Waals surface area contributed by atoms with Crippen LogP contribution in [0.3, 0.4) is 0 Å². The molecule has 0 spiro atoms. The molecule has 1 amide bonds. The lowest BCUT2D eigenvalue weighted by molar-refractivity contribution is -0.115. The minimum atomic E-state index is 0. The van der Waals surface area contributed by atoms with Gasteiger partial charge in [0.15, 0.2) is 0 Å². The molecule has 0 atom stereocenters. The SMILES string of the molecule is CCc1cnc2c(c1)CC(=O)N2.[HH]. The van der Waals surface area contributed by atoms with Gasteiger partial charge in [-0.3, -0.25) is 4.79 Å². The van der Waals surface area contributed by atoms with Crippen molar-refractivity contribution in [1.82, 2.24) is 4.98 Å². The molecule has 0 saturated carbocycles. The van der Waals surface area contributed by atoms with E-state index in [0.717, 1.165) is 17.8 Å². The van der Waals surface area contributed by atoms with Crippen LogP contribution in [0.2, 0.25) is 0 Å². The lowest BCUT2D eigenvalue weighted by Gasteiger charge is -1.98. The van der Waals surface area contributed by atoms with Crippen molar-refractivity contribution in [1.29, 1.82) is 0 Å². The molecule has 1 N–H and O–H groups in total. The second kappa shape index (κ2) is 2.59. The fourth-order valence-corrected chi connectivity index (χ4v) is 1.35. The van der Waals surface area contributed by atoms with E-state index in [1.165, 1.54) is 5.56 Å². The van der Waals surface area contributed by atoms with Crippen molar-refractivity contribution in [3.8, 4) is 0 Å². The van der Waals surface area contributed by atoms with Gasteiger partial charge >= 0.3 is 0 Å². The van der Waals surface area contributed by atoms with Crippen LogP contribution in [-0.2, 0) is 17.6 Å². The van der Waals surface area contributed by atoms with Crippen molar-refractivity contribution in [2.45, 2.75) is 19.8 Å². The quantitative estimate of drug-likeness (QED) is 0.681. The van der Waals surface area contributed by atoms with Gasteiger partial charge in [0.05, 0.1) is 6.42 Å². The summed E-state index contributed by atoms with van der Waals surface area (Å²) in [6.45, 7) is 2.08. The molecule has 1 aromatic rings. The molecule has 2 rings (SSSR count). The highest BCUT2D eigenvalue weighted by Crippen LogP contribution is 2.20. The van der Waals surface area contributed by atoms with Gasteiger partial charge in [0.2, 0.25) is 5.91 Å². The molecule has 0 unspecified atom stereocenters. The summed E-state index contributed by atoms with van der Waals surface area (Å²) in [6, 6.07) is 2.04. The predicted molar refractivity (Wildman–Crippen MR) is 48.1 cm³/mol. The van der Waals surface area contributed by atoms with E-state index in [-0.39, 0.29) is 7.33 Å². The molecular formula is C9H12N2O. The molecule has 0 aliphatic carbocycles. The molecular weight excluding hydrogens is 152 g/mol. The summed E-state index contributed by atoms with van der Waals surface area (Å²) in [5.74, 6) is 0.781. The number of nitrogens with one attached hydrogen (secondary N) is 1. The Kier molecular flexibility index (Phi) is 1.57. The van der Waals surface area contributed by atoms with E-state index >= 15 is 0 Å². The average Bonchev–Trinajstić information content (AvgIpc) is 2.43. The Bertz CT molecular complexity index is 338. The number of aromatic nitrogens is 1. The summed E-state index contributed by atoms with van der Waals surface area (Å²) in [4.78, 5) is 15.1. The van der Waals surface area contributed by atoms with Crippen LogP contribution in [0.5, 0.6) is 0 Å². The number of carbonyl (C=O) groups excluding carboxylic acids is 1. The highest BCUT2D eigenvalue weighted by Gasteiger charge is 2.18. The molecule has 0 fully saturated rings. The Morgan fingerprint density at radius 2 is 2.58 bits per heavy atom. The van der Waals surface area contributed by atoms with Crippen molar-refractivity contribution >= 4 is 11.7 Å². The molecule has 3 heteroatoms. The molecule has 64 valence electrons. The summed E-state index contributed by atoms with van der Waals surface area (Å²) < 4.78 is 0. The zero-order valence-corrected chi connectivity index (χ0v) is 6.92. The number of rotatable bonds is 1. The van der Waals surface area contributed by atoms with Gasteiger partial charge in [-0.05, 0) is 12.0 Å². The Morgan fingerprint density at radius 1 is 1.75 bits per heavy atom. The summed E-state index contributed by atoms with van der Waals surface area (Å²) in [5, 5.41) is 2.70. The molecule has 2 heterocycles. The fourth-order valence-electron chi connectivity index (χ4n) is 1.35. The van der Waals surface area contributed by atoms with E-state index in [4.69, 9.17) is 0 Å². The van der Waals surface area contributed by atoms with Crippen molar-refractivity contribution in [2.24, 2.45) is 0 Å². The maximum Gasteiger partial charge on any atom is 0.230 e. The molecule has 1 aliphatic heterocycles. The van der Waals surface area contributed by atoms with Crippen molar-refractivity contribution < 1.29 is 6.22 Å². The van der Waals surface area contributed by atoms with Gasteiger partial charge in [0, 0.05) is 13.2 Å². The second-order valence-corrected chi connectivity index (χ2v) is 2.93. The smallest absolute Gasteiger partial charge is 0.230 e. The summed E-state index contributed by atoms with van der Waals surface area (Å²) in [6.07, 6.45) is 3.26. The third-order valence-electron chi connectivity index (χ3n) is 2.04. The monoisotopic (exact) mass is 164 g/mol. The summed E-state index contributed by atoms with van der Waals surface area (Å²) in [5.41, 5.74) is 2.21. The van der Waals surface area contributed by atoms with Gasteiger partial charge in [-0.25, -0.2) is 4.98 Å². The molecule has 12 heavy (non-hydrogen) atoms. The number of aryl methyl sites for hydroxylation is 1. The first-order valence-corrected chi connectivity index (χ1v) is 4.07. The van der Waals surface area contributed by atoms with Gasteiger partial charge < -0.3 is 5.32 Å². The Labute approximate surface area is 72.3 Å². The maximum atomic E-state index is 10.9. The van der Waals surface area contributed by atoms with Crippen molar-refractivity contribution in [3.63, 3.8) is 0 Å². The topological polar surface area (TPSA) is 42.0 Å². The van der Waals surface area contributed by atoms with Crippen LogP contribution in [0.25, 0.3) is 0 Å². The standard InChI is InChI=1S/C9H10N2O.H2/c1-2-6-3-7-4-8(12)11-9(7)10-5-6;/h3,5H,2,4H2,1H3,(H,10,11,12);1H. The number of fused-ring (bicyclic) bond motifs is 1. The van der Waals surface area contributed by atoms with E-state index in [2.05, 4.69) is 17.2 Å². The van der Waals surface area contributed by atoms with Crippen LogP contribution in [0, 0.1) is 0 Å². The van der Waals surface area contributed by atoms with Crippen LogP contribution in [0.4, 0.5) is 5.82 Å². The molecule has 3 nitrogen and oxygen atoms in total. The Hall–Kier alpha value is -1.38. The van der Waals surface area contributed by atoms with Crippen molar-refractivity contribution in [3.05, 3.63) is 23.4 Å². The molecule has 1 aromatic heterocycles. The highest BCUT2D eigenvalue weighted by molar-refractivity contribution is 5.97. The van der Waals surface area contributed by atoms with Gasteiger partial charge in [0.25, 0.3) is 0 Å². The van der Waals surface area contributed by atoms with Crippen LogP contribution >= 0.6 is 0 Å². The summed E-state index contributed by atoms with van der Waals surface area (Å²) >= 11 is 0. The zero-order valence-electron chi connectivity index (χ0n) is 6.92. The number of carbonyl (C=O) groups is 1. The van der Waals surface area contributed by atoms with E-state index in [1.54, 1.807) is 0 Å². The van der Waals surface area contributed by atoms with Gasteiger partial charge in [-0.15, -0.1) is 0 Å². The lowest BCUT2D eigenvalue weighted by Crippen LogP contribution is -2.04. The van der Waals surface area contributed by atoms with E-state index in [9.17, 15) is 4.79 Å². The first-order valence-electron chi connectivity index (χ1n) is 4.07. The molecule has 0 aromatic carbocycles. The minimum Gasteiger partial charge on any atom is -0.310 e. The largest absolute Gasteiger partial charge is 0.310 e. The van der Waals surface area contributed by atoms with Crippen molar-refractivity contribution in [2.75, 3.05) is 5.32 Å². The number of nitrogens with zero attached hydrogens (tertiary/aromatic N) is 1. The number of anilines is 1. The van der Waals surface area contributed by atoms with E-state index in [0.29, 0.717) is 6.42 Å². The third-order valence-corrected chi connectivity index (χ3v) is 2.04. The molecule has 1 aliphatic rings. The Morgan fingerprint density at radius 3 is 3.33 bits per heavy atom. The number of amides is 1. The lowest BCUT2D eigenvalue weighted by atomic mass is 10.1. The zero-order chi connectivity index (χ0) is 8.55. The van der Waals surface area contributed by atoms with Gasteiger partial charge in [-0.2, -0.15) is 0 Å². The molecule has 0 saturated heterocycles. The first kappa shape index (κ1) is 7.28. The third kappa shape index (κ3) is 1.07. The first-order chi connectivity index (χ1) is 5.79. The number of pyridine rings is 1. The highest BCUT2D eigenvalue weighted by atomic mass is 16.1.